The molecule has 1 nitrogen and oxygen atoms in total. The van der Waals surface area contributed by atoms with Gasteiger partial charge in [0.25, 0.3) is 0 Å². The molecule has 0 aliphatic heterocycles. The maximum absolute atomic E-state index is 6.17. The number of aryl methyl sites for hydroxylation is 3. The Balaban J connectivity index is 2.45. The maximum Gasteiger partial charge on any atom is 0.0714 e. The summed E-state index contributed by atoms with van der Waals surface area (Å²) in [5, 5.41) is 1.28. The van der Waals surface area contributed by atoms with Crippen LogP contribution in [0.4, 0.5) is 0 Å². The van der Waals surface area contributed by atoms with Crippen molar-refractivity contribution < 1.29 is 0 Å². The number of aromatic nitrogens is 1. The summed E-state index contributed by atoms with van der Waals surface area (Å²) in [6.45, 7) is 4.29. The lowest BCUT2D eigenvalue weighted by molar-refractivity contribution is 0.899. The number of fused-ring (bicyclic) bond motifs is 2. The topological polar surface area (TPSA) is 12.9 Å². The lowest BCUT2D eigenvalue weighted by atomic mass is 9.97. The second kappa shape index (κ2) is 3.99. The van der Waals surface area contributed by atoms with Crippen LogP contribution in [0.15, 0.2) is 12.1 Å². The molecule has 0 radical (unpaired) electrons. The van der Waals surface area contributed by atoms with Crippen molar-refractivity contribution >= 4 is 22.5 Å². The maximum atomic E-state index is 6.17. The molecule has 0 spiro atoms. The standard InChI is InChI=1S/C15H16ClN/c1-9-6-10(2)15-12(8-16)11-4-3-5-13(11)17-14(15)7-9/h6-7H,3-5,8H2,1-2H3. The largest absolute Gasteiger partial charge is 0.253 e. The van der Waals surface area contributed by atoms with Crippen LogP contribution >= 0.6 is 11.6 Å². The second-order valence-corrected chi connectivity index (χ2v) is 5.25. The summed E-state index contributed by atoms with van der Waals surface area (Å²) >= 11 is 6.17. The molecule has 1 aromatic carbocycles. The van der Waals surface area contributed by atoms with Crippen LogP contribution in [-0.4, -0.2) is 4.98 Å². The van der Waals surface area contributed by atoms with E-state index < -0.39 is 0 Å². The fraction of sp³-hybridized carbons (Fsp3) is 0.400. The van der Waals surface area contributed by atoms with E-state index in [4.69, 9.17) is 16.6 Å². The van der Waals surface area contributed by atoms with Gasteiger partial charge >= 0.3 is 0 Å². The average molecular weight is 246 g/mol. The highest BCUT2D eigenvalue weighted by atomic mass is 35.5. The third kappa shape index (κ3) is 1.64. The van der Waals surface area contributed by atoms with Gasteiger partial charge in [-0.3, -0.25) is 4.98 Å². The van der Waals surface area contributed by atoms with E-state index in [0.717, 1.165) is 18.4 Å². The third-order valence-electron chi connectivity index (χ3n) is 3.70. The zero-order valence-corrected chi connectivity index (χ0v) is 11.1. The van der Waals surface area contributed by atoms with E-state index in [0.29, 0.717) is 5.88 Å². The Morgan fingerprint density at radius 2 is 2.06 bits per heavy atom. The Bertz CT molecular complexity index is 602. The third-order valence-corrected chi connectivity index (χ3v) is 3.97. The number of hydrogen-bond acceptors (Lipinski definition) is 1. The van der Waals surface area contributed by atoms with Gasteiger partial charge in [-0.15, -0.1) is 11.6 Å². The Hall–Kier alpha value is -1.08. The number of hydrogen-bond donors (Lipinski definition) is 0. The molecule has 0 amide bonds. The molecule has 2 heteroatoms. The summed E-state index contributed by atoms with van der Waals surface area (Å²) in [6, 6.07) is 4.40. The van der Waals surface area contributed by atoms with Gasteiger partial charge in [-0.05, 0) is 61.4 Å². The average Bonchev–Trinajstić information content (AvgIpc) is 2.73. The molecule has 0 unspecified atom stereocenters. The van der Waals surface area contributed by atoms with Gasteiger partial charge in [-0.25, -0.2) is 0 Å². The minimum absolute atomic E-state index is 0.602. The first kappa shape index (κ1) is 11.0. The van der Waals surface area contributed by atoms with Gasteiger partial charge in [-0.1, -0.05) is 6.07 Å². The fourth-order valence-electron chi connectivity index (χ4n) is 3.05. The smallest absolute Gasteiger partial charge is 0.0714 e. The van der Waals surface area contributed by atoms with Crippen LogP contribution in [0.25, 0.3) is 10.9 Å². The van der Waals surface area contributed by atoms with Crippen LogP contribution in [-0.2, 0) is 18.7 Å². The molecule has 88 valence electrons. The van der Waals surface area contributed by atoms with Crippen molar-refractivity contribution in [2.45, 2.75) is 39.0 Å². The monoisotopic (exact) mass is 245 g/mol. The molecular formula is C15H16ClN. The molecule has 0 bridgehead atoms. The van der Waals surface area contributed by atoms with E-state index in [1.807, 2.05) is 0 Å². The molecule has 1 aromatic heterocycles. The zero-order chi connectivity index (χ0) is 12.0. The van der Waals surface area contributed by atoms with Crippen molar-refractivity contribution in [3.05, 3.63) is 40.1 Å². The van der Waals surface area contributed by atoms with Crippen LogP contribution in [0, 0.1) is 13.8 Å². The summed E-state index contributed by atoms with van der Waals surface area (Å²) in [5.74, 6) is 0.602. The predicted molar refractivity (Wildman–Crippen MR) is 72.8 cm³/mol. The molecule has 1 heterocycles. The van der Waals surface area contributed by atoms with Crippen molar-refractivity contribution in [1.82, 2.24) is 4.98 Å². The molecule has 1 aliphatic carbocycles. The number of benzene rings is 1. The summed E-state index contributed by atoms with van der Waals surface area (Å²) in [4.78, 5) is 4.83. The van der Waals surface area contributed by atoms with Crippen molar-refractivity contribution in [1.29, 1.82) is 0 Å². The normalized spacial score (nSPS) is 14.3. The van der Waals surface area contributed by atoms with Crippen LogP contribution in [0.3, 0.4) is 0 Å². The highest BCUT2D eigenvalue weighted by Gasteiger charge is 2.19. The SMILES string of the molecule is Cc1cc(C)c2c(CCl)c3c(nc2c1)CCC3. The van der Waals surface area contributed by atoms with Crippen molar-refractivity contribution in [2.24, 2.45) is 0 Å². The molecule has 17 heavy (non-hydrogen) atoms. The number of rotatable bonds is 1. The second-order valence-electron chi connectivity index (χ2n) is 4.98. The summed E-state index contributed by atoms with van der Waals surface area (Å²) in [5.41, 5.74) is 7.72. The molecule has 2 aromatic rings. The van der Waals surface area contributed by atoms with Gasteiger partial charge in [0, 0.05) is 17.0 Å². The Kier molecular flexibility index (Phi) is 2.59. The summed E-state index contributed by atoms with van der Waals surface area (Å²) in [6.07, 6.45) is 3.48. The molecule has 0 fully saturated rings. The quantitative estimate of drug-likeness (QED) is 0.690. The van der Waals surface area contributed by atoms with E-state index in [-0.39, 0.29) is 0 Å². The number of nitrogens with zero attached hydrogens (tertiary/aromatic N) is 1. The van der Waals surface area contributed by atoms with Crippen LogP contribution in [0.2, 0.25) is 0 Å². The van der Waals surface area contributed by atoms with Crippen molar-refractivity contribution in [3.8, 4) is 0 Å². The number of alkyl halides is 1. The Morgan fingerprint density at radius 3 is 2.82 bits per heavy atom. The number of halogens is 1. The molecule has 1 aliphatic rings. The van der Waals surface area contributed by atoms with Gasteiger partial charge in [0.15, 0.2) is 0 Å². The van der Waals surface area contributed by atoms with Gasteiger partial charge in [0.1, 0.15) is 0 Å². The lowest BCUT2D eigenvalue weighted by Gasteiger charge is -2.13. The van der Waals surface area contributed by atoms with E-state index >= 15 is 0 Å². The minimum Gasteiger partial charge on any atom is -0.253 e. The van der Waals surface area contributed by atoms with E-state index in [2.05, 4.69) is 26.0 Å². The van der Waals surface area contributed by atoms with Crippen molar-refractivity contribution in [2.75, 3.05) is 0 Å². The molecule has 0 saturated heterocycles. The molecule has 0 N–H and O–H groups in total. The van der Waals surface area contributed by atoms with Crippen LogP contribution in [0.5, 0.6) is 0 Å². The Morgan fingerprint density at radius 1 is 1.24 bits per heavy atom. The van der Waals surface area contributed by atoms with E-state index in [1.54, 1.807) is 0 Å². The van der Waals surface area contributed by atoms with Gasteiger partial charge < -0.3 is 0 Å². The fourth-order valence-corrected chi connectivity index (χ4v) is 3.34. The predicted octanol–water partition coefficient (Wildman–Crippen LogP) is 4.08. The Labute approximate surface area is 107 Å². The molecular weight excluding hydrogens is 230 g/mol. The minimum atomic E-state index is 0.602. The highest BCUT2D eigenvalue weighted by Crippen LogP contribution is 2.33. The highest BCUT2D eigenvalue weighted by molar-refractivity contribution is 6.18. The number of pyridine rings is 1. The van der Waals surface area contributed by atoms with E-state index in [1.165, 1.54) is 39.8 Å². The van der Waals surface area contributed by atoms with Gasteiger partial charge in [0.05, 0.1) is 5.52 Å². The van der Waals surface area contributed by atoms with Crippen molar-refractivity contribution in [3.63, 3.8) is 0 Å². The van der Waals surface area contributed by atoms with E-state index in [9.17, 15) is 0 Å². The summed E-state index contributed by atoms with van der Waals surface area (Å²) < 4.78 is 0. The first-order valence-electron chi connectivity index (χ1n) is 6.18. The van der Waals surface area contributed by atoms with Gasteiger partial charge in [0.2, 0.25) is 0 Å². The molecule has 0 atom stereocenters. The lowest BCUT2D eigenvalue weighted by Crippen LogP contribution is -1.99. The molecule has 3 rings (SSSR count). The van der Waals surface area contributed by atoms with Crippen LogP contribution < -0.4 is 0 Å². The van der Waals surface area contributed by atoms with Gasteiger partial charge in [-0.2, -0.15) is 0 Å². The molecule has 0 saturated carbocycles. The summed E-state index contributed by atoms with van der Waals surface area (Å²) in [7, 11) is 0. The first-order chi connectivity index (χ1) is 8.20. The first-order valence-corrected chi connectivity index (χ1v) is 6.71. The van der Waals surface area contributed by atoms with Crippen LogP contribution in [0.1, 0.15) is 34.4 Å². The zero-order valence-electron chi connectivity index (χ0n) is 10.3.